The van der Waals surface area contributed by atoms with Crippen molar-refractivity contribution in [3.63, 3.8) is 0 Å². The summed E-state index contributed by atoms with van der Waals surface area (Å²) in [6, 6.07) is 19.9. The summed E-state index contributed by atoms with van der Waals surface area (Å²) in [4.78, 5) is 4.60. The van der Waals surface area contributed by atoms with E-state index < -0.39 is 0 Å². The van der Waals surface area contributed by atoms with Crippen LogP contribution in [0.15, 0.2) is 60.7 Å². The normalized spacial score (nSPS) is 10.6. The van der Waals surface area contributed by atoms with Crippen molar-refractivity contribution in [3.8, 4) is 22.5 Å². The summed E-state index contributed by atoms with van der Waals surface area (Å²) in [5.41, 5.74) is 4.01. The third-order valence-electron chi connectivity index (χ3n) is 2.73. The second-order valence-electron chi connectivity index (χ2n) is 3.87. The quantitative estimate of drug-likeness (QED) is 0.609. The summed E-state index contributed by atoms with van der Waals surface area (Å²) in [5.74, 6) is 0. The number of benzene rings is 1. The molecule has 1 nitrogen and oxygen atoms in total. The Morgan fingerprint density at radius 3 is 2.29 bits per heavy atom. The fraction of sp³-hybridized carbons (Fsp3) is 0. The zero-order valence-electron chi connectivity index (χ0n) is 9.10. The molecule has 0 fully saturated rings. The molecule has 0 N–H and O–H groups in total. The molecule has 0 bridgehead atoms. The van der Waals surface area contributed by atoms with Crippen LogP contribution < -0.4 is 0 Å². The maximum absolute atomic E-state index is 6.20. The SMILES string of the molecule is Clc1ccccc2nc(-c3ccccc3)cc1-2. The van der Waals surface area contributed by atoms with Crippen LogP contribution in [-0.2, 0) is 0 Å². The van der Waals surface area contributed by atoms with Gasteiger partial charge < -0.3 is 0 Å². The lowest BCUT2D eigenvalue weighted by molar-refractivity contribution is 1.40. The van der Waals surface area contributed by atoms with Gasteiger partial charge in [0.05, 0.1) is 16.4 Å². The van der Waals surface area contributed by atoms with E-state index in [2.05, 4.69) is 17.1 Å². The van der Waals surface area contributed by atoms with Crippen LogP contribution in [0.25, 0.3) is 22.5 Å². The highest BCUT2D eigenvalue weighted by Crippen LogP contribution is 2.32. The van der Waals surface area contributed by atoms with Gasteiger partial charge in [-0.2, -0.15) is 0 Å². The second kappa shape index (κ2) is 4.19. The molecular weight excluding hydrogens is 230 g/mol. The Bertz CT molecular complexity index is 619. The number of hydrogen-bond acceptors (Lipinski definition) is 1. The summed E-state index contributed by atoms with van der Waals surface area (Å²) in [7, 11) is 0. The Kier molecular flexibility index (Phi) is 2.54. The lowest BCUT2D eigenvalue weighted by Crippen LogP contribution is -1.74. The zero-order chi connectivity index (χ0) is 11.7. The first-order valence-electron chi connectivity index (χ1n) is 5.45. The van der Waals surface area contributed by atoms with Crippen LogP contribution in [-0.4, -0.2) is 4.98 Å². The van der Waals surface area contributed by atoms with Gasteiger partial charge in [-0.15, -0.1) is 0 Å². The number of aromatic nitrogens is 1. The molecule has 0 unspecified atom stereocenters. The molecule has 0 aromatic heterocycles. The summed E-state index contributed by atoms with van der Waals surface area (Å²) in [6.07, 6.45) is 0. The molecule has 1 aromatic rings. The minimum Gasteiger partial charge on any atom is -0.248 e. The zero-order valence-corrected chi connectivity index (χ0v) is 9.85. The first-order chi connectivity index (χ1) is 8.34. The molecule has 0 saturated carbocycles. The maximum Gasteiger partial charge on any atom is 0.0725 e. The molecule has 0 radical (unpaired) electrons. The fourth-order valence-corrected chi connectivity index (χ4v) is 2.11. The predicted molar refractivity (Wildman–Crippen MR) is 71.3 cm³/mol. The minimum absolute atomic E-state index is 0.736. The lowest BCUT2D eigenvalue weighted by atomic mass is 10.1. The molecule has 1 heterocycles. The van der Waals surface area contributed by atoms with E-state index in [0.29, 0.717) is 0 Å². The molecule has 17 heavy (non-hydrogen) atoms. The molecule has 1 aliphatic heterocycles. The van der Waals surface area contributed by atoms with E-state index in [4.69, 9.17) is 11.6 Å². The summed E-state index contributed by atoms with van der Waals surface area (Å²) >= 11 is 6.20. The number of rotatable bonds is 1. The maximum atomic E-state index is 6.20. The smallest absolute Gasteiger partial charge is 0.0725 e. The molecule has 1 aromatic carbocycles. The van der Waals surface area contributed by atoms with Crippen molar-refractivity contribution in [1.29, 1.82) is 0 Å². The highest BCUT2D eigenvalue weighted by Gasteiger charge is 2.11. The lowest BCUT2D eigenvalue weighted by Gasteiger charge is -1.93. The van der Waals surface area contributed by atoms with E-state index in [1.807, 2.05) is 48.5 Å². The first kappa shape index (κ1) is 10.3. The molecular formula is C15H10ClN. The number of halogens is 1. The molecule has 1 aliphatic carbocycles. The van der Waals surface area contributed by atoms with E-state index in [1.165, 1.54) is 0 Å². The Morgan fingerprint density at radius 1 is 0.765 bits per heavy atom. The van der Waals surface area contributed by atoms with Gasteiger partial charge in [-0.1, -0.05) is 54.1 Å². The van der Waals surface area contributed by atoms with Gasteiger partial charge in [0.2, 0.25) is 0 Å². The Hall–Kier alpha value is -1.86. The van der Waals surface area contributed by atoms with Gasteiger partial charge in [0.1, 0.15) is 0 Å². The van der Waals surface area contributed by atoms with Crippen LogP contribution in [0.1, 0.15) is 0 Å². The fourth-order valence-electron chi connectivity index (χ4n) is 1.88. The summed E-state index contributed by atoms with van der Waals surface area (Å²) < 4.78 is 0. The third-order valence-corrected chi connectivity index (χ3v) is 3.06. The topological polar surface area (TPSA) is 12.9 Å². The Balaban J connectivity index is 2.22. The van der Waals surface area contributed by atoms with Crippen LogP contribution in [0.2, 0.25) is 5.02 Å². The highest BCUT2D eigenvalue weighted by molar-refractivity contribution is 6.33. The molecule has 0 amide bonds. The van der Waals surface area contributed by atoms with Crippen molar-refractivity contribution in [2.24, 2.45) is 0 Å². The first-order valence-corrected chi connectivity index (χ1v) is 5.83. The van der Waals surface area contributed by atoms with Gasteiger partial charge in [-0.05, 0) is 18.2 Å². The van der Waals surface area contributed by atoms with Crippen molar-refractivity contribution < 1.29 is 0 Å². The van der Waals surface area contributed by atoms with Gasteiger partial charge in [-0.3, -0.25) is 0 Å². The Morgan fingerprint density at radius 2 is 1.47 bits per heavy atom. The largest absolute Gasteiger partial charge is 0.248 e. The van der Waals surface area contributed by atoms with Gasteiger partial charge in [0.15, 0.2) is 0 Å². The minimum atomic E-state index is 0.736. The van der Waals surface area contributed by atoms with E-state index in [1.54, 1.807) is 0 Å². The average molecular weight is 240 g/mol. The Labute approximate surface area is 105 Å². The molecule has 0 saturated heterocycles. The van der Waals surface area contributed by atoms with Crippen molar-refractivity contribution in [3.05, 3.63) is 65.7 Å². The molecule has 82 valence electrons. The van der Waals surface area contributed by atoms with Gasteiger partial charge >= 0.3 is 0 Å². The van der Waals surface area contributed by atoms with Crippen LogP contribution in [0.4, 0.5) is 0 Å². The van der Waals surface area contributed by atoms with E-state index >= 15 is 0 Å². The molecule has 0 spiro atoms. The van der Waals surface area contributed by atoms with Crippen LogP contribution >= 0.6 is 11.6 Å². The van der Waals surface area contributed by atoms with Gasteiger partial charge in [0.25, 0.3) is 0 Å². The predicted octanol–water partition coefficient (Wildman–Crippen LogP) is 4.51. The van der Waals surface area contributed by atoms with Crippen LogP contribution in [0, 0.1) is 0 Å². The average Bonchev–Trinajstić information content (AvgIpc) is 2.72. The van der Waals surface area contributed by atoms with Crippen molar-refractivity contribution in [2.45, 2.75) is 0 Å². The van der Waals surface area contributed by atoms with E-state index in [-0.39, 0.29) is 0 Å². The summed E-state index contributed by atoms with van der Waals surface area (Å²) in [5, 5.41) is 0.736. The number of hydrogen-bond donors (Lipinski definition) is 0. The molecule has 2 aliphatic rings. The van der Waals surface area contributed by atoms with Crippen molar-refractivity contribution in [1.82, 2.24) is 4.98 Å². The van der Waals surface area contributed by atoms with Crippen molar-refractivity contribution >= 4 is 11.6 Å². The van der Waals surface area contributed by atoms with Gasteiger partial charge in [-0.25, -0.2) is 4.98 Å². The standard InChI is InChI=1S/C15H10ClN/c16-13-8-4-5-9-14-12(13)10-15(17-14)11-6-2-1-3-7-11/h1-10H. The van der Waals surface area contributed by atoms with Crippen LogP contribution in [0.3, 0.4) is 0 Å². The van der Waals surface area contributed by atoms with Crippen LogP contribution in [0.5, 0.6) is 0 Å². The van der Waals surface area contributed by atoms with E-state index in [0.717, 1.165) is 27.5 Å². The molecule has 2 heteroatoms. The molecule has 3 rings (SSSR count). The number of nitrogens with zero attached hydrogens (tertiary/aromatic N) is 1. The highest BCUT2D eigenvalue weighted by atomic mass is 35.5. The van der Waals surface area contributed by atoms with Crippen molar-refractivity contribution in [2.75, 3.05) is 0 Å². The summed E-state index contributed by atoms with van der Waals surface area (Å²) in [6.45, 7) is 0. The monoisotopic (exact) mass is 239 g/mol. The number of fused-ring (bicyclic) bond motifs is 1. The van der Waals surface area contributed by atoms with Gasteiger partial charge in [0, 0.05) is 11.1 Å². The second-order valence-corrected chi connectivity index (χ2v) is 4.28. The third kappa shape index (κ3) is 1.90. The van der Waals surface area contributed by atoms with E-state index in [9.17, 15) is 0 Å². The molecule has 0 atom stereocenters.